The molecule has 1 aromatic rings. The molecule has 4 heteroatoms. The molecule has 1 rings (SSSR count). The second-order valence-corrected chi connectivity index (χ2v) is 4.40. The molecule has 2 N–H and O–H groups in total. The van der Waals surface area contributed by atoms with Gasteiger partial charge in [-0.3, -0.25) is 0 Å². The van der Waals surface area contributed by atoms with Gasteiger partial charge < -0.3 is 5.73 Å². The van der Waals surface area contributed by atoms with Crippen LogP contribution in [0.4, 0.5) is 0 Å². The minimum Gasteiger partial charge on any atom is -0.327 e. The van der Waals surface area contributed by atoms with Gasteiger partial charge >= 0.3 is 0 Å². The Morgan fingerprint density at radius 2 is 1.93 bits per heavy atom. The van der Waals surface area contributed by atoms with Crippen molar-refractivity contribution in [3.63, 3.8) is 0 Å². The van der Waals surface area contributed by atoms with Gasteiger partial charge in [-0.05, 0) is 26.3 Å². The summed E-state index contributed by atoms with van der Waals surface area (Å²) in [6.45, 7) is 6.06. The predicted octanol–water partition coefficient (Wildman–Crippen LogP) is 1.92. The average molecular weight is 211 g/mol. The highest BCUT2D eigenvalue weighted by atomic mass is 32.2. The second kappa shape index (κ2) is 5.32. The van der Waals surface area contributed by atoms with Crippen molar-refractivity contribution in [1.82, 2.24) is 9.97 Å². The maximum Gasteiger partial charge on any atom is 0.188 e. The Kier molecular flexibility index (Phi) is 4.35. The molecule has 0 aliphatic rings. The Morgan fingerprint density at radius 3 is 2.43 bits per heavy atom. The molecular formula is C10H17N3S. The quantitative estimate of drug-likeness (QED) is 0.610. The zero-order valence-corrected chi connectivity index (χ0v) is 9.77. The van der Waals surface area contributed by atoms with Crippen molar-refractivity contribution in [3.05, 3.63) is 17.5 Å². The number of hydrogen-bond acceptors (Lipinski definition) is 4. The Hall–Kier alpha value is -0.610. The Labute approximate surface area is 89.5 Å². The summed E-state index contributed by atoms with van der Waals surface area (Å²) in [5, 5.41) is 0.839. The van der Waals surface area contributed by atoms with Gasteiger partial charge in [0.25, 0.3) is 0 Å². The van der Waals surface area contributed by atoms with Crippen LogP contribution in [0, 0.1) is 13.8 Å². The smallest absolute Gasteiger partial charge is 0.188 e. The maximum atomic E-state index is 5.82. The third-order valence-electron chi connectivity index (χ3n) is 1.91. The molecule has 1 atom stereocenters. The molecule has 1 unspecified atom stereocenters. The minimum absolute atomic E-state index is 0.240. The number of nitrogens with two attached hydrogens (primary N) is 1. The Morgan fingerprint density at radius 1 is 1.36 bits per heavy atom. The van der Waals surface area contributed by atoms with Crippen LogP contribution in [0.15, 0.2) is 11.2 Å². The number of nitrogens with zero attached hydrogens (tertiary/aromatic N) is 2. The average Bonchev–Trinajstić information content (AvgIpc) is 2.12. The normalized spacial score (nSPS) is 12.9. The summed E-state index contributed by atoms with van der Waals surface area (Å²) < 4.78 is 0. The molecule has 1 aromatic heterocycles. The summed E-state index contributed by atoms with van der Waals surface area (Å²) in [5.41, 5.74) is 7.86. The molecule has 78 valence electrons. The highest BCUT2D eigenvalue weighted by Gasteiger charge is 2.04. The molecule has 3 nitrogen and oxygen atoms in total. The summed E-state index contributed by atoms with van der Waals surface area (Å²) in [4.78, 5) is 8.67. The first-order chi connectivity index (χ1) is 6.61. The first kappa shape index (κ1) is 11.5. The van der Waals surface area contributed by atoms with Crippen LogP contribution in [0.5, 0.6) is 0 Å². The Balaban J connectivity index is 2.58. The molecule has 0 spiro atoms. The van der Waals surface area contributed by atoms with E-state index in [2.05, 4.69) is 16.9 Å². The van der Waals surface area contributed by atoms with Gasteiger partial charge in [-0.25, -0.2) is 9.97 Å². The van der Waals surface area contributed by atoms with Gasteiger partial charge in [-0.1, -0.05) is 18.7 Å². The fourth-order valence-electron chi connectivity index (χ4n) is 1.06. The van der Waals surface area contributed by atoms with Gasteiger partial charge in [0.05, 0.1) is 0 Å². The van der Waals surface area contributed by atoms with Crippen LogP contribution in [0.25, 0.3) is 0 Å². The third-order valence-corrected chi connectivity index (χ3v) is 2.95. The monoisotopic (exact) mass is 211 g/mol. The van der Waals surface area contributed by atoms with Gasteiger partial charge in [-0.2, -0.15) is 0 Å². The van der Waals surface area contributed by atoms with Gasteiger partial charge in [-0.15, -0.1) is 0 Å². The van der Waals surface area contributed by atoms with Crippen LogP contribution in [0.1, 0.15) is 24.7 Å². The molecule has 0 radical (unpaired) electrons. The largest absolute Gasteiger partial charge is 0.327 e. The van der Waals surface area contributed by atoms with Crippen LogP contribution >= 0.6 is 11.8 Å². The van der Waals surface area contributed by atoms with Crippen LogP contribution in [-0.4, -0.2) is 21.8 Å². The van der Waals surface area contributed by atoms with E-state index in [0.29, 0.717) is 0 Å². The molecule has 0 saturated heterocycles. The highest BCUT2D eigenvalue weighted by Crippen LogP contribution is 2.15. The lowest BCUT2D eigenvalue weighted by molar-refractivity contribution is 0.722. The summed E-state index contributed by atoms with van der Waals surface area (Å²) in [5.74, 6) is 0.888. The van der Waals surface area contributed by atoms with Crippen LogP contribution in [-0.2, 0) is 0 Å². The Bertz CT molecular complexity index is 281. The molecule has 0 amide bonds. The lowest BCUT2D eigenvalue weighted by Crippen LogP contribution is -2.21. The van der Waals surface area contributed by atoms with Crippen LogP contribution in [0.3, 0.4) is 0 Å². The van der Waals surface area contributed by atoms with E-state index in [1.54, 1.807) is 11.8 Å². The van der Waals surface area contributed by atoms with Crippen molar-refractivity contribution in [2.45, 2.75) is 38.4 Å². The topological polar surface area (TPSA) is 51.8 Å². The van der Waals surface area contributed by atoms with Gasteiger partial charge in [0.1, 0.15) is 0 Å². The lowest BCUT2D eigenvalue weighted by Gasteiger charge is -2.07. The summed E-state index contributed by atoms with van der Waals surface area (Å²) in [7, 11) is 0. The maximum absolute atomic E-state index is 5.82. The fourth-order valence-corrected chi connectivity index (χ4v) is 2.07. The van der Waals surface area contributed by atoms with Crippen LogP contribution in [0.2, 0.25) is 0 Å². The lowest BCUT2D eigenvalue weighted by atomic mass is 10.3. The standard InChI is InChI=1S/C10H17N3S/c1-4-9(11)6-14-10-12-7(2)5-8(3)13-10/h5,9H,4,6,11H2,1-3H3. The predicted molar refractivity (Wildman–Crippen MR) is 60.5 cm³/mol. The van der Waals surface area contributed by atoms with E-state index in [4.69, 9.17) is 5.73 Å². The van der Waals surface area contributed by atoms with Crippen LogP contribution < -0.4 is 5.73 Å². The number of thioether (sulfide) groups is 1. The molecule has 0 aliphatic heterocycles. The van der Waals surface area contributed by atoms with Crippen molar-refractivity contribution in [1.29, 1.82) is 0 Å². The number of aryl methyl sites for hydroxylation is 2. The van der Waals surface area contributed by atoms with Crippen molar-refractivity contribution >= 4 is 11.8 Å². The molecule has 14 heavy (non-hydrogen) atoms. The zero-order chi connectivity index (χ0) is 10.6. The van der Waals surface area contributed by atoms with Crippen molar-refractivity contribution in [2.24, 2.45) is 5.73 Å². The van der Waals surface area contributed by atoms with E-state index in [0.717, 1.165) is 28.7 Å². The molecule has 0 aromatic carbocycles. The summed E-state index contributed by atoms with van der Waals surface area (Å²) in [6.07, 6.45) is 0.998. The molecule has 0 bridgehead atoms. The number of rotatable bonds is 4. The van der Waals surface area contributed by atoms with Gasteiger partial charge in [0.15, 0.2) is 5.16 Å². The third kappa shape index (κ3) is 3.64. The second-order valence-electron chi connectivity index (χ2n) is 3.41. The fraction of sp³-hybridized carbons (Fsp3) is 0.600. The first-order valence-corrected chi connectivity index (χ1v) is 5.81. The summed E-state index contributed by atoms with van der Waals surface area (Å²) in [6, 6.07) is 2.22. The molecule has 0 fully saturated rings. The van der Waals surface area contributed by atoms with Crippen molar-refractivity contribution in [2.75, 3.05) is 5.75 Å². The van der Waals surface area contributed by atoms with Gasteiger partial charge in [0.2, 0.25) is 0 Å². The molecule has 0 saturated carbocycles. The van der Waals surface area contributed by atoms with E-state index in [9.17, 15) is 0 Å². The molecular weight excluding hydrogens is 194 g/mol. The SMILES string of the molecule is CCC(N)CSc1nc(C)cc(C)n1. The van der Waals surface area contributed by atoms with E-state index in [-0.39, 0.29) is 6.04 Å². The molecule has 1 heterocycles. The van der Waals surface area contributed by atoms with Crippen molar-refractivity contribution < 1.29 is 0 Å². The summed E-state index contributed by atoms with van der Waals surface area (Å²) >= 11 is 1.63. The van der Waals surface area contributed by atoms with E-state index >= 15 is 0 Å². The molecule has 0 aliphatic carbocycles. The van der Waals surface area contributed by atoms with Crippen molar-refractivity contribution in [3.8, 4) is 0 Å². The van der Waals surface area contributed by atoms with E-state index in [1.807, 2.05) is 19.9 Å². The van der Waals surface area contributed by atoms with Gasteiger partial charge in [0, 0.05) is 23.2 Å². The van der Waals surface area contributed by atoms with E-state index < -0.39 is 0 Å². The number of aromatic nitrogens is 2. The zero-order valence-electron chi connectivity index (χ0n) is 8.95. The number of hydrogen-bond donors (Lipinski definition) is 1. The first-order valence-electron chi connectivity index (χ1n) is 4.82. The minimum atomic E-state index is 0.240. The van der Waals surface area contributed by atoms with E-state index in [1.165, 1.54) is 0 Å². The highest BCUT2D eigenvalue weighted by molar-refractivity contribution is 7.99.